The monoisotopic (exact) mass is 289 g/mol. The molecule has 3 rings (SSSR count). The van der Waals surface area contributed by atoms with Crippen molar-refractivity contribution in [3.8, 4) is 0 Å². The Morgan fingerprint density at radius 2 is 1.95 bits per heavy atom. The molecule has 0 spiro atoms. The molecule has 1 N–H and O–H groups in total. The first-order chi connectivity index (χ1) is 9.47. The second kappa shape index (κ2) is 4.78. The van der Waals surface area contributed by atoms with Crippen molar-refractivity contribution in [1.29, 1.82) is 0 Å². The lowest BCUT2D eigenvalue weighted by Gasteiger charge is -2.29. The van der Waals surface area contributed by atoms with Crippen molar-refractivity contribution in [3.63, 3.8) is 0 Å². The molecular weight excluding hydrogens is 273 g/mol. The van der Waals surface area contributed by atoms with Gasteiger partial charge >= 0.3 is 0 Å². The number of rotatable bonds is 2. The summed E-state index contributed by atoms with van der Waals surface area (Å²) in [5.74, 6) is -0.277. The third kappa shape index (κ3) is 2.29. The van der Waals surface area contributed by atoms with Crippen LogP contribution in [0.3, 0.4) is 0 Å². The number of benzene rings is 2. The van der Waals surface area contributed by atoms with Crippen LogP contribution in [-0.4, -0.2) is 0 Å². The van der Waals surface area contributed by atoms with Gasteiger partial charge in [-0.25, -0.2) is 4.39 Å². The van der Waals surface area contributed by atoms with Crippen LogP contribution in [0.5, 0.6) is 0 Å². The molecule has 0 aromatic heterocycles. The quantitative estimate of drug-likeness (QED) is 0.800. The largest absolute Gasteiger partial charge is 0.376 e. The first kappa shape index (κ1) is 13.4. The molecule has 0 aliphatic heterocycles. The van der Waals surface area contributed by atoms with Crippen LogP contribution in [0.15, 0.2) is 42.5 Å². The molecule has 0 heterocycles. The van der Waals surface area contributed by atoms with Crippen LogP contribution >= 0.6 is 11.6 Å². The van der Waals surface area contributed by atoms with E-state index in [2.05, 4.69) is 37.4 Å². The number of nitrogens with one attached hydrogen (secondary N) is 1. The van der Waals surface area contributed by atoms with Crippen LogP contribution in [0.1, 0.15) is 31.0 Å². The fraction of sp³-hybridized carbons (Fsp3) is 0.294. The van der Waals surface area contributed by atoms with Gasteiger partial charge in [0.25, 0.3) is 0 Å². The third-order valence-electron chi connectivity index (χ3n) is 4.02. The van der Waals surface area contributed by atoms with E-state index in [1.807, 2.05) is 6.07 Å². The summed E-state index contributed by atoms with van der Waals surface area (Å²) in [5.41, 5.74) is 3.35. The fourth-order valence-electron chi connectivity index (χ4n) is 3.03. The molecule has 20 heavy (non-hydrogen) atoms. The standard InChI is InChI=1S/C17H17ClFN/c1-17(2)10-11-5-3-4-6-13(11)16(17)20-15-9-12(19)7-8-14(15)18/h3-9,16,20H,10H2,1-2H3. The highest BCUT2D eigenvalue weighted by Gasteiger charge is 2.38. The second-order valence-electron chi connectivity index (χ2n) is 6.07. The van der Waals surface area contributed by atoms with E-state index in [9.17, 15) is 4.39 Å². The minimum absolute atomic E-state index is 0.0688. The van der Waals surface area contributed by atoms with Crippen molar-refractivity contribution in [2.24, 2.45) is 5.41 Å². The minimum atomic E-state index is -0.277. The van der Waals surface area contributed by atoms with Gasteiger partial charge in [0.1, 0.15) is 5.82 Å². The van der Waals surface area contributed by atoms with Gasteiger partial charge in [-0.15, -0.1) is 0 Å². The minimum Gasteiger partial charge on any atom is -0.376 e. The summed E-state index contributed by atoms with van der Waals surface area (Å²) in [6.07, 6.45) is 1.01. The van der Waals surface area contributed by atoms with Crippen molar-refractivity contribution in [2.45, 2.75) is 26.3 Å². The van der Waals surface area contributed by atoms with Crippen LogP contribution in [0.4, 0.5) is 10.1 Å². The highest BCUT2D eigenvalue weighted by atomic mass is 35.5. The van der Waals surface area contributed by atoms with E-state index < -0.39 is 0 Å². The summed E-state index contributed by atoms with van der Waals surface area (Å²) in [5, 5.41) is 3.97. The third-order valence-corrected chi connectivity index (χ3v) is 4.35. The second-order valence-corrected chi connectivity index (χ2v) is 6.47. The lowest BCUT2D eigenvalue weighted by atomic mass is 9.85. The van der Waals surface area contributed by atoms with E-state index in [1.165, 1.54) is 23.3 Å². The van der Waals surface area contributed by atoms with E-state index in [1.54, 1.807) is 6.07 Å². The molecule has 1 aliphatic carbocycles. The predicted molar refractivity (Wildman–Crippen MR) is 81.7 cm³/mol. The molecule has 3 heteroatoms. The average Bonchev–Trinajstić information content (AvgIpc) is 2.65. The summed E-state index contributed by atoms with van der Waals surface area (Å²) in [7, 11) is 0. The van der Waals surface area contributed by atoms with Gasteiger partial charge in [0.15, 0.2) is 0 Å². The number of anilines is 1. The fourth-order valence-corrected chi connectivity index (χ4v) is 3.20. The van der Waals surface area contributed by atoms with E-state index in [4.69, 9.17) is 11.6 Å². The zero-order chi connectivity index (χ0) is 14.3. The lowest BCUT2D eigenvalue weighted by Crippen LogP contribution is -2.24. The first-order valence-corrected chi connectivity index (χ1v) is 7.14. The summed E-state index contributed by atoms with van der Waals surface area (Å²) in [4.78, 5) is 0. The first-order valence-electron chi connectivity index (χ1n) is 6.77. The van der Waals surface area contributed by atoms with Crippen molar-refractivity contribution in [2.75, 3.05) is 5.32 Å². The average molecular weight is 290 g/mol. The lowest BCUT2D eigenvalue weighted by molar-refractivity contribution is 0.337. The van der Waals surface area contributed by atoms with Gasteiger partial charge in [0.05, 0.1) is 16.8 Å². The Hall–Kier alpha value is -1.54. The highest BCUT2D eigenvalue weighted by Crippen LogP contribution is 2.47. The topological polar surface area (TPSA) is 12.0 Å². The Morgan fingerprint density at radius 1 is 1.20 bits per heavy atom. The Kier molecular flexibility index (Phi) is 3.21. The van der Waals surface area contributed by atoms with E-state index in [0.717, 1.165) is 6.42 Å². The molecule has 2 aromatic carbocycles. The van der Waals surface area contributed by atoms with Crippen molar-refractivity contribution in [3.05, 3.63) is 64.4 Å². The van der Waals surface area contributed by atoms with Gasteiger partial charge in [-0.1, -0.05) is 49.7 Å². The number of hydrogen-bond acceptors (Lipinski definition) is 1. The zero-order valence-corrected chi connectivity index (χ0v) is 12.3. The molecule has 0 fully saturated rings. The molecule has 1 unspecified atom stereocenters. The van der Waals surface area contributed by atoms with Crippen molar-refractivity contribution < 1.29 is 4.39 Å². The van der Waals surface area contributed by atoms with Crippen molar-refractivity contribution in [1.82, 2.24) is 0 Å². The van der Waals surface area contributed by atoms with Gasteiger partial charge in [0.2, 0.25) is 0 Å². The Bertz CT molecular complexity index is 651. The summed E-state index contributed by atoms with van der Waals surface area (Å²) in [6, 6.07) is 13.0. The van der Waals surface area contributed by atoms with Gasteiger partial charge in [-0.05, 0) is 41.2 Å². The molecule has 2 aromatic rings. The van der Waals surface area contributed by atoms with Crippen LogP contribution < -0.4 is 5.32 Å². The summed E-state index contributed by atoms with van der Waals surface area (Å²) < 4.78 is 13.4. The van der Waals surface area contributed by atoms with Gasteiger partial charge < -0.3 is 5.32 Å². The smallest absolute Gasteiger partial charge is 0.125 e. The van der Waals surface area contributed by atoms with E-state index in [-0.39, 0.29) is 17.3 Å². The van der Waals surface area contributed by atoms with Crippen molar-refractivity contribution >= 4 is 17.3 Å². The highest BCUT2D eigenvalue weighted by molar-refractivity contribution is 6.33. The maximum atomic E-state index is 13.4. The number of hydrogen-bond donors (Lipinski definition) is 1. The number of fused-ring (bicyclic) bond motifs is 1. The predicted octanol–water partition coefficient (Wildman–Crippen LogP) is 5.21. The number of halogens is 2. The molecule has 0 radical (unpaired) electrons. The summed E-state index contributed by atoms with van der Waals surface area (Å²) >= 11 is 6.17. The maximum absolute atomic E-state index is 13.4. The van der Waals surface area contributed by atoms with Crippen LogP contribution in [0.2, 0.25) is 5.02 Å². The van der Waals surface area contributed by atoms with Gasteiger partial charge in [0, 0.05) is 0 Å². The molecule has 1 nitrogen and oxygen atoms in total. The van der Waals surface area contributed by atoms with Crippen LogP contribution in [0.25, 0.3) is 0 Å². The normalized spacial score (nSPS) is 19.7. The van der Waals surface area contributed by atoms with Crippen LogP contribution in [-0.2, 0) is 6.42 Å². The molecule has 0 saturated carbocycles. The Balaban J connectivity index is 1.99. The Morgan fingerprint density at radius 3 is 2.75 bits per heavy atom. The molecule has 104 valence electrons. The Labute approximate surface area is 123 Å². The molecule has 0 amide bonds. The summed E-state index contributed by atoms with van der Waals surface area (Å²) in [6.45, 7) is 4.44. The van der Waals surface area contributed by atoms with E-state index >= 15 is 0 Å². The maximum Gasteiger partial charge on any atom is 0.125 e. The van der Waals surface area contributed by atoms with Gasteiger partial charge in [-0.3, -0.25) is 0 Å². The molecular formula is C17H17ClFN. The molecule has 1 atom stereocenters. The van der Waals surface area contributed by atoms with E-state index in [0.29, 0.717) is 10.7 Å². The SMILES string of the molecule is CC1(C)Cc2ccccc2C1Nc1cc(F)ccc1Cl. The zero-order valence-electron chi connectivity index (χ0n) is 11.6. The van der Waals surface area contributed by atoms with Crippen LogP contribution in [0, 0.1) is 11.2 Å². The molecule has 0 bridgehead atoms. The molecule has 0 saturated heterocycles. The van der Waals surface area contributed by atoms with Gasteiger partial charge in [-0.2, -0.15) is 0 Å². The molecule has 1 aliphatic rings.